The van der Waals surface area contributed by atoms with Crippen LogP contribution in [0.5, 0.6) is 0 Å². The van der Waals surface area contributed by atoms with E-state index >= 15 is 0 Å². The zero-order valence-corrected chi connectivity index (χ0v) is 15.9. The van der Waals surface area contributed by atoms with Crippen LogP contribution in [0.2, 0.25) is 0 Å². The Labute approximate surface area is 155 Å². The average molecular weight is 375 g/mol. The highest BCUT2D eigenvalue weighted by Crippen LogP contribution is 2.08. The second kappa shape index (κ2) is 9.88. The molecular weight excluding hydrogens is 350 g/mol. The molecule has 0 fully saturated rings. The smallest absolute Gasteiger partial charge is 0.215 e. The summed E-state index contributed by atoms with van der Waals surface area (Å²) in [7, 11) is -1.84. The van der Waals surface area contributed by atoms with Gasteiger partial charge in [0.2, 0.25) is 10.0 Å². The molecule has 3 N–H and O–H groups in total. The van der Waals surface area contributed by atoms with Gasteiger partial charge in [-0.2, -0.15) is 0 Å². The topological polar surface area (TPSA) is 95.5 Å². The van der Waals surface area contributed by atoms with Crippen LogP contribution >= 0.6 is 0 Å². The van der Waals surface area contributed by atoms with Crippen molar-refractivity contribution in [3.8, 4) is 0 Å². The maximum Gasteiger partial charge on any atom is 0.215 e. The highest BCUT2D eigenvalue weighted by Gasteiger charge is 2.08. The van der Waals surface area contributed by atoms with Crippen LogP contribution in [0.3, 0.4) is 0 Å². The number of rotatable bonds is 8. The number of nitrogens with zero attached hydrogens (tertiary/aromatic N) is 2. The fourth-order valence-corrected chi connectivity index (χ4v) is 3.00. The van der Waals surface area contributed by atoms with Gasteiger partial charge in [-0.15, -0.1) is 0 Å². The minimum absolute atomic E-state index is 0.0265. The molecule has 0 aliphatic carbocycles. The molecule has 0 amide bonds. The SMILES string of the molecule is CCNC(=NCc1ccc(CS(=O)(=O)NC)cc1)NCc1ccccn1. The van der Waals surface area contributed by atoms with Crippen LogP contribution in [0.1, 0.15) is 23.7 Å². The van der Waals surface area contributed by atoms with E-state index in [1.807, 2.05) is 49.4 Å². The summed E-state index contributed by atoms with van der Waals surface area (Å²) in [6.07, 6.45) is 1.76. The molecule has 2 aromatic rings. The van der Waals surface area contributed by atoms with Crippen molar-refractivity contribution >= 4 is 16.0 Å². The van der Waals surface area contributed by atoms with Gasteiger partial charge in [-0.3, -0.25) is 4.98 Å². The van der Waals surface area contributed by atoms with Gasteiger partial charge in [0.1, 0.15) is 0 Å². The van der Waals surface area contributed by atoms with Crippen LogP contribution in [0.15, 0.2) is 53.7 Å². The Morgan fingerprint density at radius 3 is 2.42 bits per heavy atom. The van der Waals surface area contributed by atoms with Crippen molar-refractivity contribution in [2.45, 2.75) is 25.8 Å². The minimum atomic E-state index is -3.26. The van der Waals surface area contributed by atoms with Crippen LogP contribution in [-0.4, -0.2) is 33.0 Å². The summed E-state index contributed by atoms with van der Waals surface area (Å²) in [6.45, 7) is 3.86. The molecule has 2 rings (SSSR count). The molecule has 1 aromatic carbocycles. The van der Waals surface area contributed by atoms with Crippen LogP contribution in [0.25, 0.3) is 0 Å². The molecule has 0 unspecified atom stereocenters. The predicted molar refractivity (Wildman–Crippen MR) is 104 cm³/mol. The summed E-state index contributed by atoms with van der Waals surface area (Å²) in [4.78, 5) is 8.83. The molecule has 1 aromatic heterocycles. The number of hydrogen-bond donors (Lipinski definition) is 3. The highest BCUT2D eigenvalue weighted by molar-refractivity contribution is 7.88. The van der Waals surface area contributed by atoms with Gasteiger partial charge in [0.25, 0.3) is 0 Å². The van der Waals surface area contributed by atoms with Crippen molar-refractivity contribution in [1.29, 1.82) is 0 Å². The molecule has 0 spiro atoms. The number of nitrogens with one attached hydrogen (secondary N) is 3. The summed E-state index contributed by atoms with van der Waals surface area (Å²) in [5, 5.41) is 6.44. The normalized spacial score (nSPS) is 12.0. The second-order valence-corrected chi connectivity index (χ2v) is 7.58. The van der Waals surface area contributed by atoms with E-state index < -0.39 is 10.0 Å². The molecule has 26 heavy (non-hydrogen) atoms. The molecule has 0 atom stereocenters. The Morgan fingerprint density at radius 2 is 1.81 bits per heavy atom. The first kappa shape index (κ1) is 19.9. The minimum Gasteiger partial charge on any atom is -0.357 e. The van der Waals surface area contributed by atoms with Gasteiger partial charge in [0.15, 0.2) is 5.96 Å². The van der Waals surface area contributed by atoms with Crippen molar-refractivity contribution in [3.05, 3.63) is 65.5 Å². The Balaban J connectivity index is 1.95. The predicted octanol–water partition coefficient (Wildman–Crippen LogP) is 1.39. The lowest BCUT2D eigenvalue weighted by atomic mass is 10.1. The molecule has 1 heterocycles. The van der Waals surface area contributed by atoms with E-state index in [-0.39, 0.29) is 5.75 Å². The van der Waals surface area contributed by atoms with Crippen molar-refractivity contribution in [2.75, 3.05) is 13.6 Å². The number of guanidine groups is 1. The lowest BCUT2D eigenvalue weighted by Gasteiger charge is -2.11. The quantitative estimate of drug-likeness (QED) is 0.479. The van der Waals surface area contributed by atoms with Gasteiger partial charge in [-0.1, -0.05) is 30.3 Å². The second-order valence-electron chi connectivity index (χ2n) is 5.65. The van der Waals surface area contributed by atoms with Crippen molar-refractivity contribution in [3.63, 3.8) is 0 Å². The largest absolute Gasteiger partial charge is 0.357 e. The lowest BCUT2D eigenvalue weighted by molar-refractivity contribution is 0.587. The summed E-state index contributed by atoms with van der Waals surface area (Å²) in [5.41, 5.74) is 2.69. The maximum atomic E-state index is 11.6. The summed E-state index contributed by atoms with van der Waals surface area (Å²) in [5.74, 6) is 0.682. The van der Waals surface area contributed by atoms with Gasteiger partial charge < -0.3 is 10.6 Å². The number of hydrogen-bond acceptors (Lipinski definition) is 4. The fourth-order valence-electron chi connectivity index (χ4n) is 2.22. The van der Waals surface area contributed by atoms with Gasteiger partial charge >= 0.3 is 0 Å². The molecule has 0 saturated carbocycles. The van der Waals surface area contributed by atoms with E-state index in [1.165, 1.54) is 7.05 Å². The zero-order chi connectivity index (χ0) is 18.8. The van der Waals surface area contributed by atoms with E-state index in [0.29, 0.717) is 19.0 Å². The van der Waals surface area contributed by atoms with Crippen LogP contribution in [0, 0.1) is 0 Å². The van der Waals surface area contributed by atoms with Crippen LogP contribution < -0.4 is 15.4 Å². The third kappa shape index (κ3) is 6.81. The summed E-state index contributed by atoms with van der Waals surface area (Å²) >= 11 is 0. The number of pyridine rings is 1. The van der Waals surface area contributed by atoms with E-state index in [4.69, 9.17) is 0 Å². The number of sulfonamides is 1. The van der Waals surface area contributed by atoms with Crippen molar-refractivity contribution in [2.24, 2.45) is 4.99 Å². The molecule has 140 valence electrons. The van der Waals surface area contributed by atoms with Crippen LogP contribution in [0.4, 0.5) is 0 Å². The molecular formula is C18H25N5O2S. The number of aromatic nitrogens is 1. The molecule has 0 radical (unpaired) electrons. The highest BCUT2D eigenvalue weighted by atomic mass is 32.2. The zero-order valence-electron chi connectivity index (χ0n) is 15.1. The molecule has 0 aliphatic rings. The first-order valence-electron chi connectivity index (χ1n) is 8.43. The van der Waals surface area contributed by atoms with E-state index in [2.05, 4.69) is 25.3 Å². The Hall–Kier alpha value is -2.45. The fraction of sp³-hybridized carbons (Fsp3) is 0.333. The lowest BCUT2D eigenvalue weighted by Crippen LogP contribution is -2.36. The van der Waals surface area contributed by atoms with Gasteiger partial charge in [0, 0.05) is 12.7 Å². The first-order valence-corrected chi connectivity index (χ1v) is 10.1. The van der Waals surface area contributed by atoms with Gasteiger partial charge in [-0.05, 0) is 37.2 Å². The number of aliphatic imine (C=N–C) groups is 1. The number of benzene rings is 1. The summed E-state index contributed by atoms with van der Waals surface area (Å²) < 4.78 is 25.5. The third-order valence-corrected chi connectivity index (χ3v) is 4.95. The Morgan fingerprint density at radius 1 is 1.08 bits per heavy atom. The molecule has 7 nitrogen and oxygen atoms in total. The van der Waals surface area contributed by atoms with Gasteiger partial charge in [0.05, 0.1) is 24.5 Å². The molecule has 0 saturated heterocycles. The summed E-state index contributed by atoms with van der Waals surface area (Å²) in [6, 6.07) is 13.2. The Bertz CT molecular complexity index is 805. The average Bonchev–Trinajstić information content (AvgIpc) is 2.66. The molecule has 0 aliphatic heterocycles. The first-order chi connectivity index (χ1) is 12.5. The van der Waals surface area contributed by atoms with E-state index in [9.17, 15) is 8.42 Å². The monoisotopic (exact) mass is 375 g/mol. The van der Waals surface area contributed by atoms with Gasteiger partial charge in [-0.25, -0.2) is 18.1 Å². The molecule has 0 bridgehead atoms. The van der Waals surface area contributed by atoms with E-state index in [1.54, 1.807) is 6.20 Å². The standard InChI is InChI=1S/C18H25N5O2S/c1-3-20-18(23-13-17-6-4-5-11-21-17)22-12-15-7-9-16(10-8-15)14-26(24,25)19-2/h4-11,19H,3,12-14H2,1-2H3,(H2,20,22,23). The third-order valence-electron chi connectivity index (χ3n) is 3.62. The van der Waals surface area contributed by atoms with Crippen LogP contribution in [-0.2, 0) is 28.9 Å². The maximum absolute atomic E-state index is 11.6. The van der Waals surface area contributed by atoms with E-state index in [0.717, 1.165) is 23.4 Å². The Kier molecular flexibility index (Phi) is 7.55. The van der Waals surface area contributed by atoms with Crippen molar-refractivity contribution in [1.82, 2.24) is 20.3 Å². The van der Waals surface area contributed by atoms with Crippen molar-refractivity contribution < 1.29 is 8.42 Å². The molecule has 8 heteroatoms.